The van der Waals surface area contributed by atoms with Crippen LogP contribution in [-0.4, -0.2) is 18.2 Å². The van der Waals surface area contributed by atoms with Gasteiger partial charge in [-0.25, -0.2) is 5.11 Å². The zero-order valence-corrected chi connectivity index (χ0v) is 7.61. The van der Waals surface area contributed by atoms with E-state index in [9.17, 15) is 5.11 Å². The van der Waals surface area contributed by atoms with Crippen LogP contribution in [0.25, 0.3) is 0 Å². The summed E-state index contributed by atoms with van der Waals surface area (Å²) in [6.45, 7) is 1.28. The van der Waals surface area contributed by atoms with E-state index in [-0.39, 0.29) is 6.61 Å². The monoisotopic (exact) mass is 180 g/mol. The van der Waals surface area contributed by atoms with Crippen LogP contribution in [0.4, 0.5) is 0 Å². The third-order valence-corrected chi connectivity index (χ3v) is 1.70. The highest BCUT2D eigenvalue weighted by atomic mass is 16.5. The maximum atomic E-state index is 10.1. The summed E-state index contributed by atoms with van der Waals surface area (Å²) in [4.78, 5) is 3.91. The number of aromatic nitrogens is 1. The van der Waals surface area contributed by atoms with Crippen LogP contribution in [0.15, 0.2) is 24.5 Å². The Kier molecular flexibility index (Phi) is 5.13. The fourth-order valence-electron chi connectivity index (χ4n) is 0.975. The highest BCUT2D eigenvalue weighted by Crippen LogP contribution is 1.99. The second-order valence-electron chi connectivity index (χ2n) is 2.82. The van der Waals surface area contributed by atoms with E-state index in [1.54, 1.807) is 12.4 Å². The smallest absolute Gasteiger partial charge is 0.0823 e. The van der Waals surface area contributed by atoms with E-state index in [2.05, 4.69) is 4.98 Å². The Balaban J connectivity index is 2.07. The van der Waals surface area contributed by atoms with Gasteiger partial charge in [0, 0.05) is 19.0 Å². The number of pyridine rings is 1. The van der Waals surface area contributed by atoms with Gasteiger partial charge in [-0.3, -0.25) is 4.98 Å². The lowest BCUT2D eigenvalue weighted by Crippen LogP contribution is -1.96. The van der Waals surface area contributed by atoms with Crippen LogP contribution in [-0.2, 0) is 16.5 Å². The summed E-state index contributed by atoms with van der Waals surface area (Å²) in [6.07, 6.45) is 5.05. The molecule has 0 amide bonds. The standard InChI is InChI=1S/C10H14NO2/c12-7-1-2-8-13-9-10-3-5-11-6-4-10/h3-6H,1-2,7-9H2. The molecule has 1 aromatic heterocycles. The van der Waals surface area contributed by atoms with Crippen LogP contribution in [0, 0.1) is 0 Å². The van der Waals surface area contributed by atoms with Crippen molar-refractivity contribution in [1.29, 1.82) is 0 Å². The second kappa shape index (κ2) is 6.57. The molecule has 1 heterocycles. The maximum Gasteiger partial charge on any atom is 0.0823 e. The summed E-state index contributed by atoms with van der Waals surface area (Å²) in [6, 6.07) is 3.85. The Bertz CT molecular complexity index is 213. The van der Waals surface area contributed by atoms with Crippen molar-refractivity contribution in [2.75, 3.05) is 13.2 Å². The van der Waals surface area contributed by atoms with Crippen LogP contribution >= 0.6 is 0 Å². The predicted octanol–water partition coefficient (Wildman–Crippen LogP) is 1.81. The molecule has 3 nitrogen and oxygen atoms in total. The van der Waals surface area contributed by atoms with Crippen LogP contribution in [0.5, 0.6) is 0 Å². The quantitative estimate of drug-likeness (QED) is 0.626. The highest BCUT2D eigenvalue weighted by molar-refractivity contribution is 5.07. The zero-order chi connectivity index (χ0) is 9.36. The number of ether oxygens (including phenoxy) is 1. The Morgan fingerprint density at radius 3 is 2.69 bits per heavy atom. The molecular formula is C10H14NO2. The van der Waals surface area contributed by atoms with Gasteiger partial charge < -0.3 is 4.74 Å². The molecule has 0 bridgehead atoms. The predicted molar refractivity (Wildman–Crippen MR) is 48.7 cm³/mol. The molecule has 1 rings (SSSR count). The fourth-order valence-corrected chi connectivity index (χ4v) is 0.975. The Morgan fingerprint density at radius 1 is 1.23 bits per heavy atom. The van der Waals surface area contributed by atoms with Gasteiger partial charge in [-0.1, -0.05) is 0 Å². The number of nitrogens with zero attached hydrogens (tertiary/aromatic N) is 1. The zero-order valence-electron chi connectivity index (χ0n) is 7.61. The molecule has 0 aromatic carbocycles. The van der Waals surface area contributed by atoms with Crippen molar-refractivity contribution in [2.45, 2.75) is 19.4 Å². The van der Waals surface area contributed by atoms with Crippen molar-refractivity contribution < 1.29 is 9.84 Å². The number of unbranched alkanes of at least 4 members (excludes halogenated alkanes) is 1. The van der Waals surface area contributed by atoms with Crippen LogP contribution < -0.4 is 0 Å². The molecular weight excluding hydrogens is 166 g/mol. The second-order valence-corrected chi connectivity index (χ2v) is 2.82. The van der Waals surface area contributed by atoms with Gasteiger partial charge in [0.25, 0.3) is 0 Å². The van der Waals surface area contributed by atoms with E-state index < -0.39 is 0 Å². The van der Waals surface area contributed by atoms with Gasteiger partial charge in [-0.05, 0) is 30.5 Å². The molecule has 0 aliphatic rings. The van der Waals surface area contributed by atoms with Gasteiger partial charge in [0.1, 0.15) is 0 Å². The molecule has 1 radical (unpaired) electrons. The fraction of sp³-hybridized carbons (Fsp3) is 0.500. The topological polar surface area (TPSA) is 42.0 Å². The Morgan fingerprint density at radius 2 is 2.00 bits per heavy atom. The lowest BCUT2D eigenvalue weighted by molar-refractivity contribution is 0.106. The van der Waals surface area contributed by atoms with E-state index >= 15 is 0 Å². The first-order chi connectivity index (χ1) is 6.43. The summed E-state index contributed by atoms with van der Waals surface area (Å²) in [7, 11) is 0. The summed E-state index contributed by atoms with van der Waals surface area (Å²) in [5, 5.41) is 10.1. The number of hydrogen-bond acceptors (Lipinski definition) is 2. The molecule has 3 heteroatoms. The Hall–Kier alpha value is -0.930. The Labute approximate surface area is 78.4 Å². The highest BCUT2D eigenvalue weighted by Gasteiger charge is 1.91. The van der Waals surface area contributed by atoms with Crippen molar-refractivity contribution >= 4 is 0 Å². The minimum Gasteiger partial charge on any atom is -0.377 e. The van der Waals surface area contributed by atoms with Gasteiger partial charge in [-0.15, -0.1) is 0 Å². The van der Waals surface area contributed by atoms with Gasteiger partial charge >= 0.3 is 0 Å². The number of hydrogen-bond donors (Lipinski definition) is 0. The van der Waals surface area contributed by atoms with Gasteiger partial charge in [0.05, 0.1) is 13.2 Å². The molecule has 0 saturated heterocycles. The molecule has 0 unspecified atom stereocenters. The van der Waals surface area contributed by atoms with Gasteiger partial charge in [0.15, 0.2) is 0 Å². The lowest BCUT2D eigenvalue weighted by atomic mass is 10.3. The molecule has 1 aromatic rings. The molecule has 13 heavy (non-hydrogen) atoms. The molecule has 0 fully saturated rings. The lowest BCUT2D eigenvalue weighted by Gasteiger charge is -2.02. The van der Waals surface area contributed by atoms with Gasteiger partial charge in [-0.2, -0.15) is 0 Å². The number of rotatable bonds is 6. The van der Waals surface area contributed by atoms with E-state index in [1.807, 2.05) is 12.1 Å². The molecule has 0 N–H and O–H groups in total. The van der Waals surface area contributed by atoms with Crippen LogP contribution in [0.3, 0.4) is 0 Å². The third-order valence-electron chi connectivity index (χ3n) is 1.70. The summed E-state index contributed by atoms with van der Waals surface area (Å²) < 4.78 is 5.36. The van der Waals surface area contributed by atoms with Crippen LogP contribution in [0.1, 0.15) is 18.4 Å². The minimum absolute atomic E-state index is 0.00137. The van der Waals surface area contributed by atoms with Crippen molar-refractivity contribution in [2.24, 2.45) is 0 Å². The maximum absolute atomic E-state index is 10.1. The summed E-state index contributed by atoms with van der Waals surface area (Å²) in [5.41, 5.74) is 1.12. The molecule has 0 atom stereocenters. The normalized spacial score (nSPS) is 10.2. The minimum atomic E-state index is -0.00137. The molecule has 0 aliphatic heterocycles. The van der Waals surface area contributed by atoms with E-state index in [1.165, 1.54) is 0 Å². The molecule has 71 valence electrons. The van der Waals surface area contributed by atoms with E-state index in [4.69, 9.17) is 4.74 Å². The van der Waals surface area contributed by atoms with Gasteiger partial charge in [0.2, 0.25) is 0 Å². The van der Waals surface area contributed by atoms with Crippen molar-refractivity contribution in [3.63, 3.8) is 0 Å². The largest absolute Gasteiger partial charge is 0.377 e. The first-order valence-electron chi connectivity index (χ1n) is 4.48. The van der Waals surface area contributed by atoms with Crippen molar-refractivity contribution in [3.8, 4) is 0 Å². The van der Waals surface area contributed by atoms with E-state index in [0.29, 0.717) is 19.6 Å². The van der Waals surface area contributed by atoms with Crippen LogP contribution in [0.2, 0.25) is 0 Å². The van der Waals surface area contributed by atoms with Crippen molar-refractivity contribution in [3.05, 3.63) is 30.1 Å². The summed E-state index contributed by atoms with van der Waals surface area (Å²) >= 11 is 0. The average Bonchev–Trinajstić information content (AvgIpc) is 2.19. The first-order valence-corrected chi connectivity index (χ1v) is 4.48. The molecule has 0 saturated carbocycles. The molecule has 0 aliphatic carbocycles. The molecule has 0 spiro atoms. The van der Waals surface area contributed by atoms with E-state index in [0.717, 1.165) is 12.0 Å². The SMILES string of the molecule is [O]CCCCOCc1ccncc1. The first kappa shape index (κ1) is 10.2. The van der Waals surface area contributed by atoms with Crippen molar-refractivity contribution in [1.82, 2.24) is 4.98 Å². The average molecular weight is 180 g/mol. The summed E-state index contributed by atoms with van der Waals surface area (Å²) in [5.74, 6) is 0. The third kappa shape index (κ3) is 4.60.